The zero-order chi connectivity index (χ0) is 47.3. The van der Waals surface area contributed by atoms with Crippen molar-refractivity contribution in [3.8, 4) is 28.7 Å². The van der Waals surface area contributed by atoms with Crippen molar-refractivity contribution in [2.24, 2.45) is 0 Å². The molecule has 2 fully saturated rings. The Balaban J connectivity index is 0.000000200. The van der Waals surface area contributed by atoms with E-state index >= 15 is 0 Å². The highest BCUT2D eigenvalue weighted by Gasteiger charge is 2.29. The molecule has 0 unspecified atom stereocenters. The van der Waals surface area contributed by atoms with E-state index in [1.54, 1.807) is 0 Å². The number of nitrogens with zero attached hydrogens (tertiary/aromatic N) is 3. The number of benzene rings is 7. The minimum Gasteiger partial charge on any atom is -0.494 e. The molecule has 0 spiro atoms. The summed E-state index contributed by atoms with van der Waals surface area (Å²) >= 11 is 0. The Kier molecular flexibility index (Phi) is 18.5. The third-order valence-corrected chi connectivity index (χ3v) is 13.0. The Hall–Kier alpha value is -6.71. The summed E-state index contributed by atoms with van der Waals surface area (Å²) < 4.78 is 17.7. The number of amides is 1. The number of likely N-dealkylation sites (tertiary alicyclic amines) is 2. The van der Waals surface area contributed by atoms with Gasteiger partial charge in [-0.05, 0) is 140 Å². The highest BCUT2D eigenvalue weighted by Crippen LogP contribution is 2.27. The van der Waals surface area contributed by atoms with Gasteiger partial charge in [0.15, 0.2) is 0 Å². The fraction of sp³-hybridized carbons (Fsp3) is 0.295. The second-order valence-electron chi connectivity index (χ2n) is 18.2. The van der Waals surface area contributed by atoms with Crippen LogP contribution in [0.2, 0.25) is 0 Å². The van der Waals surface area contributed by atoms with Gasteiger partial charge >= 0.3 is 0 Å². The number of rotatable bonds is 19. The second kappa shape index (κ2) is 26.2. The Bertz CT molecular complexity index is 2510. The molecule has 0 aromatic heterocycles. The molecule has 2 aliphatic heterocycles. The number of nitrogens with one attached hydrogen (secondary N) is 1. The smallest absolute Gasteiger partial charge is 0.254 e. The van der Waals surface area contributed by atoms with Gasteiger partial charge in [0.25, 0.3) is 5.91 Å². The van der Waals surface area contributed by atoms with Crippen molar-refractivity contribution >= 4 is 5.91 Å². The van der Waals surface area contributed by atoms with Crippen LogP contribution in [0.3, 0.4) is 0 Å². The van der Waals surface area contributed by atoms with Crippen molar-refractivity contribution in [2.45, 2.75) is 83.7 Å². The number of hydrogen-bond donors (Lipinski definition) is 1. The van der Waals surface area contributed by atoms with E-state index in [0.29, 0.717) is 24.8 Å². The maximum absolute atomic E-state index is 13.9. The first-order valence-corrected chi connectivity index (χ1v) is 25.0. The van der Waals surface area contributed by atoms with Gasteiger partial charge in [0.05, 0.1) is 6.61 Å². The third kappa shape index (κ3) is 15.7. The summed E-state index contributed by atoms with van der Waals surface area (Å²) in [6.07, 6.45) is 6.43. The number of para-hydroxylation sites is 2. The quantitative estimate of drug-likeness (QED) is 0.0811. The second-order valence-corrected chi connectivity index (χ2v) is 18.2. The molecular formula is C61H68N4O4. The number of piperidine rings is 2. The first kappa shape index (κ1) is 48.7. The fourth-order valence-electron chi connectivity index (χ4n) is 8.97. The molecule has 9 rings (SSSR count). The van der Waals surface area contributed by atoms with Crippen LogP contribution in [0.5, 0.6) is 28.7 Å². The SMILES string of the molecule is CCCCOc1ccc(C(=O)N(Cc2ccc(Oc3ccccc3)cc2)C2CCN(Cc3ccccc3)CC2)cc1.c1ccc(CN2CCC(NCc3ccc(Oc4ccccc4)cc3)CC2)cc1. The van der Waals surface area contributed by atoms with Gasteiger partial charge in [-0.25, -0.2) is 0 Å². The molecule has 7 aromatic carbocycles. The molecule has 0 bridgehead atoms. The van der Waals surface area contributed by atoms with Crippen molar-refractivity contribution in [2.75, 3.05) is 32.8 Å². The fourth-order valence-corrected chi connectivity index (χ4v) is 8.97. The zero-order valence-corrected chi connectivity index (χ0v) is 40.2. The molecule has 7 aromatic rings. The van der Waals surface area contributed by atoms with Crippen LogP contribution in [0, 0.1) is 0 Å². The third-order valence-electron chi connectivity index (χ3n) is 13.0. The highest BCUT2D eigenvalue weighted by molar-refractivity contribution is 5.94. The van der Waals surface area contributed by atoms with Crippen LogP contribution in [-0.2, 0) is 26.2 Å². The van der Waals surface area contributed by atoms with Gasteiger partial charge in [0.1, 0.15) is 28.7 Å². The van der Waals surface area contributed by atoms with Crippen molar-refractivity contribution in [3.05, 3.63) is 222 Å². The zero-order valence-electron chi connectivity index (χ0n) is 40.2. The van der Waals surface area contributed by atoms with Gasteiger partial charge in [-0.2, -0.15) is 0 Å². The molecule has 8 heteroatoms. The lowest BCUT2D eigenvalue weighted by molar-refractivity contribution is 0.0542. The lowest BCUT2D eigenvalue weighted by atomic mass is 10.00. The lowest BCUT2D eigenvalue weighted by Crippen LogP contribution is -2.46. The van der Waals surface area contributed by atoms with Crippen LogP contribution >= 0.6 is 0 Å². The first-order chi connectivity index (χ1) is 34.0. The molecule has 2 aliphatic rings. The predicted octanol–water partition coefficient (Wildman–Crippen LogP) is 13.2. The van der Waals surface area contributed by atoms with Gasteiger partial charge < -0.3 is 24.4 Å². The molecular weight excluding hydrogens is 853 g/mol. The number of ether oxygens (including phenoxy) is 3. The summed E-state index contributed by atoms with van der Waals surface area (Å²) in [5.74, 6) is 4.22. The molecule has 0 aliphatic carbocycles. The van der Waals surface area contributed by atoms with Gasteiger partial charge in [0.2, 0.25) is 0 Å². The number of carbonyl (C=O) groups excluding carboxylic acids is 1. The molecule has 0 atom stereocenters. The minimum atomic E-state index is 0.0660. The van der Waals surface area contributed by atoms with E-state index in [4.69, 9.17) is 14.2 Å². The molecule has 8 nitrogen and oxygen atoms in total. The normalized spacial score (nSPS) is 14.6. The Labute approximate surface area is 410 Å². The largest absolute Gasteiger partial charge is 0.494 e. The van der Waals surface area contributed by atoms with Gasteiger partial charge in [-0.15, -0.1) is 0 Å². The topological polar surface area (TPSA) is 66.5 Å². The van der Waals surface area contributed by atoms with Crippen LogP contribution in [0.15, 0.2) is 194 Å². The molecule has 1 N–H and O–H groups in total. The molecule has 69 heavy (non-hydrogen) atoms. The Morgan fingerprint density at radius 2 is 0.942 bits per heavy atom. The average molecular weight is 921 g/mol. The predicted molar refractivity (Wildman–Crippen MR) is 279 cm³/mol. The van der Waals surface area contributed by atoms with E-state index in [1.165, 1.54) is 29.5 Å². The Morgan fingerprint density at radius 1 is 0.507 bits per heavy atom. The average Bonchev–Trinajstić information content (AvgIpc) is 3.40. The summed E-state index contributed by atoms with van der Waals surface area (Å²) in [6, 6.07) is 66.0. The molecule has 2 saturated heterocycles. The van der Waals surface area contributed by atoms with Crippen LogP contribution in [0.4, 0.5) is 0 Å². The summed E-state index contributed by atoms with van der Waals surface area (Å²) in [5, 5.41) is 3.72. The van der Waals surface area contributed by atoms with Crippen LogP contribution in [-0.4, -0.2) is 65.5 Å². The van der Waals surface area contributed by atoms with E-state index < -0.39 is 0 Å². The van der Waals surface area contributed by atoms with Crippen LogP contribution < -0.4 is 19.5 Å². The standard InChI is InChI=1S/C36H40N2O3.C25H28N2O/c1-2-3-26-40-33-20-16-31(17-21-33)36(39)38(32-22-24-37(25-23-32)27-29-10-6-4-7-11-29)28-30-14-18-35(19-15-30)41-34-12-8-5-9-13-34;1-3-7-22(8-4-1)20-27-17-15-23(16-18-27)26-19-21-11-13-25(14-12-21)28-24-9-5-2-6-10-24/h4-21,32H,2-3,22-28H2,1H3;1-14,23,26H,15-20H2. The first-order valence-electron chi connectivity index (χ1n) is 25.0. The van der Waals surface area contributed by atoms with E-state index in [-0.39, 0.29) is 11.9 Å². The summed E-state index contributed by atoms with van der Waals surface area (Å²) in [4.78, 5) is 21.1. The minimum absolute atomic E-state index is 0.0660. The van der Waals surface area contributed by atoms with Gasteiger partial charge in [0, 0.05) is 56.9 Å². The van der Waals surface area contributed by atoms with Crippen molar-refractivity contribution in [1.29, 1.82) is 0 Å². The summed E-state index contributed by atoms with van der Waals surface area (Å²) in [6.45, 7) is 10.6. The maximum Gasteiger partial charge on any atom is 0.254 e. The van der Waals surface area contributed by atoms with Crippen molar-refractivity contribution in [1.82, 2.24) is 20.0 Å². The number of carbonyl (C=O) groups is 1. The van der Waals surface area contributed by atoms with E-state index in [9.17, 15) is 4.79 Å². The number of unbranched alkanes of at least 4 members (excludes halogenated alkanes) is 1. The summed E-state index contributed by atoms with van der Waals surface area (Å²) in [7, 11) is 0. The van der Waals surface area contributed by atoms with E-state index in [1.807, 2.05) is 109 Å². The summed E-state index contributed by atoms with van der Waals surface area (Å²) in [5.41, 5.74) is 5.82. The maximum atomic E-state index is 13.9. The Morgan fingerprint density at radius 3 is 1.43 bits per heavy atom. The van der Waals surface area contributed by atoms with Crippen LogP contribution in [0.25, 0.3) is 0 Å². The highest BCUT2D eigenvalue weighted by atomic mass is 16.5. The molecule has 0 saturated carbocycles. The van der Waals surface area contributed by atoms with Gasteiger partial charge in [-0.1, -0.05) is 135 Å². The van der Waals surface area contributed by atoms with Crippen molar-refractivity contribution < 1.29 is 19.0 Å². The molecule has 1 amide bonds. The number of hydrogen-bond acceptors (Lipinski definition) is 7. The van der Waals surface area contributed by atoms with Gasteiger partial charge in [-0.3, -0.25) is 14.6 Å². The van der Waals surface area contributed by atoms with E-state index in [0.717, 1.165) is 106 Å². The monoisotopic (exact) mass is 921 g/mol. The lowest BCUT2D eigenvalue weighted by Gasteiger charge is -2.39. The van der Waals surface area contributed by atoms with Crippen LogP contribution in [0.1, 0.15) is 78.1 Å². The van der Waals surface area contributed by atoms with E-state index in [2.05, 4.69) is 112 Å². The van der Waals surface area contributed by atoms with Crippen molar-refractivity contribution in [3.63, 3.8) is 0 Å². The molecule has 2 heterocycles. The molecule has 356 valence electrons. The molecule has 0 radical (unpaired) electrons.